The highest BCUT2D eigenvalue weighted by Crippen LogP contribution is 2.46. The third-order valence-electron chi connectivity index (χ3n) is 9.59. The number of benzene rings is 4. The minimum atomic E-state index is -0.442. The first kappa shape index (κ1) is 37.8. The predicted octanol–water partition coefficient (Wildman–Crippen LogP) is 7.31. The van der Waals surface area contributed by atoms with Gasteiger partial charge in [0.2, 0.25) is 11.6 Å². The van der Waals surface area contributed by atoms with Crippen LogP contribution in [0.4, 0.5) is 11.4 Å². The molecule has 0 bridgehead atoms. The van der Waals surface area contributed by atoms with Gasteiger partial charge in [-0.2, -0.15) is 19.8 Å². The Bertz CT molecular complexity index is 2620. The molecule has 0 aliphatic heterocycles. The summed E-state index contributed by atoms with van der Waals surface area (Å²) in [6, 6.07) is 24.5. The molecule has 4 heterocycles. The highest BCUT2D eigenvalue weighted by atomic mass is 33.1. The second-order valence-corrected chi connectivity index (χ2v) is 15.4. The minimum Gasteiger partial charge on any atom is -0.258 e. The molecule has 18 nitrogen and oxygen atoms in total. The van der Waals surface area contributed by atoms with Crippen molar-refractivity contribution in [1.29, 1.82) is 0 Å². The van der Waals surface area contributed by atoms with Crippen LogP contribution >= 0.6 is 21.6 Å². The molecule has 0 saturated heterocycles. The fourth-order valence-electron chi connectivity index (χ4n) is 6.10. The van der Waals surface area contributed by atoms with Gasteiger partial charge in [0, 0.05) is 24.3 Å². The van der Waals surface area contributed by atoms with Gasteiger partial charge in [-0.1, -0.05) is 48.5 Å². The van der Waals surface area contributed by atoms with Crippen molar-refractivity contribution in [3.8, 4) is 34.2 Å². The van der Waals surface area contributed by atoms with E-state index >= 15 is 0 Å². The summed E-state index contributed by atoms with van der Waals surface area (Å²) in [5.41, 5.74) is 8.89. The van der Waals surface area contributed by atoms with Crippen LogP contribution in [-0.2, 0) is 13.1 Å². The van der Waals surface area contributed by atoms with Crippen molar-refractivity contribution in [3.05, 3.63) is 151 Å². The second-order valence-electron chi connectivity index (χ2n) is 13.3. The van der Waals surface area contributed by atoms with E-state index in [9.17, 15) is 20.2 Å². The van der Waals surface area contributed by atoms with E-state index in [1.54, 1.807) is 36.7 Å². The molecule has 0 fully saturated rings. The molecular weight excluding hydrogens is 781 g/mol. The summed E-state index contributed by atoms with van der Waals surface area (Å²) in [6.07, 6.45) is 3.43. The van der Waals surface area contributed by atoms with Crippen molar-refractivity contribution in [2.75, 3.05) is 0 Å². The summed E-state index contributed by atoms with van der Waals surface area (Å²) in [6.45, 7) is 8.70. The SMILES string of the molecule is Cc1cccc(-n2ncc(-c3nnn(Cc4ccc([N+](=O)[O-])cc4)n3)c2SSc2c(-c3nnn(Cc4ccc([N+](=O)[O-])cc4)n3)cnn2-c2cccc(C)c2C)c1C. The van der Waals surface area contributed by atoms with Gasteiger partial charge in [0.1, 0.15) is 10.1 Å². The Morgan fingerprint density at radius 1 is 0.569 bits per heavy atom. The number of aromatic nitrogens is 12. The molecule has 4 aromatic heterocycles. The standard InChI is InChI=1S/C38H32N14O4S2/c1-23-7-5-9-33(25(23)3)49-37(31(19-39-49)35-41-45-47(43-35)21-27-11-15-29(16-12-27)51(53)54)57-58-38-32(20-40-50(38)34-10-6-8-24(2)26(34)4)36-42-46-48(44-36)22-28-13-17-30(18-14-28)52(55)56/h5-20H,21-22H2,1-4H3. The van der Waals surface area contributed by atoms with Crippen molar-refractivity contribution in [3.63, 3.8) is 0 Å². The number of aryl methyl sites for hydroxylation is 2. The number of tetrazole rings is 2. The summed E-state index contributed by atoms with van der Waals surface area (Å²) < 4.78 is 3.73. The van der Waals surface area contributed by atoms with Gasteiger partial charge in [0.15, 0.2) is 0 Å². The van der Waals surface area contributed by atoms with Crippen LogP contribution in [0.3, 0.4) is 0 Å². The van der Waals surface area contributed by atoms with Gasteiger partial charge < -0.3 is 0 Å². The zero-order valence-electron chi connectivity index (χ0n) is 31.4. The monoisotopic (exact) mass is 812 g/mol. The molecule has 0 spiro atoms. The Labute approximate surface area is 337 Å². The van der Waals surface area contributed by atoms with Crippen LogP contribution in [0, 0.1) is 47.9 Å². The molecule has 0 unspecified atom stereocenters. The van der Waals surface area contributed by atoms with Gasteiger partial charge in [-0.3, -0.25) is 20.2 Å². The molecule has 20 heteroatoms. The Kier molecular flexibility index (Phi) is 10.3. The number of hydrogen-bond acceptors (Lipinski definition) is 14. The lowest BCUT2D eigenvalue weighted by atomic mass is 10.1. The van der Waals surface area contributed by atoms with Crippen molar-refractivity contribution in [2.45, 2.75) is 50.8 Å². The van der Waals surface area contributed by atoms with Crippen molar-refractivity contribution >= 4 is 33.0 Å². The molecular formula is C38H32N14O4S2. The van der Waals surface area contributed by atoms with Crippen LogP contribution in [0.25, 0.3) is 34.2 Å². The largest absolute Gasteiger partial charge is 0.269 e. The van der Waals surface area contributed by atoms with E-state index in [0.717, 1.165) is 54.8 Å². The molecule has 0 atom stereocenters. The van der Waals surface area contributed by atoms with E-state index in [2.05, 4.69) is 20.6 Å². The molecule has 0 saturated carbocycles. The summed E-state index contributed by atoms with van der Waals surface area (Å²) in [7, 11) is 2.88. The van der Waals surface area contributed by atoms with Crippen molar-refractivity contribution in [2.24, 2.45) is 0 Å². The van der Waals surface area contributed by atoms with Gasteiger partial charge in [-0.05, 0) is 105 Å². The summed E-state index contributed by atoms with van der Waals surface area (Å²) in [4.78, 5) is 24.3. The molecule has 0 aliphatic rings. The first-order valence-electron chi connectivity index (χ1n) is 17.7. The van der Waals surface area contributed by atoms with Crippen LogP contribution in [0.5, 0.6) is 0 Å². The average molecular weight is 813 g/mol. The van der Waals surface area contributed by atoms with Crippen LogP contribution in [0.2, 0.25) is 0 Å². The van der Waals surface area contributed by atoms with E-state index in [1.165, 1.54) is 55.4 Å². The number of hydrogen-bond donors (Lipinski definition) is 0. The molecule has 8 rings (SSSR count). The smallest absolute Gasteiger partial charge is 0.258 e. The lowest BCUT2D eigenvalue weighted by molar-refractivity contribution is -0.385. The van der Waals surface area contributed by atoms with E-state index in [4.69, 9.17) is 20.4 Å². The van der Waals surface area contributed by atoms with Crippen molar-refractivity contribution in [1.82, 2.24) is 60.0 Å². The maximum Gasteiger partial charge on any atom is 0.269 e. The molecule has 0 N–H and O–H groups in total. The molecule has 58 heavy (non-hydrogen) atoms. The van der Waals surface area contributed by atoms with Gasteiger partial charge in [-0.25, -0.2) is 9.36 Å². The topological polar surface area (TPSA) is 209 Å². The molecule has 0 amide bonds. The fraction of sp³-hybridized carbons (Fsp3) is 0.158. The molecule has 4 aromatic carbocycles. The molecule has 290 valence electrons. The first-order chi connectivity index (χ1) is 28.0. The lowest BCUT2D eigenvalue weighted by Gasteiger charge is -2.14. The first-order valence-corrected chi connectivity index (χ1v) is 19.9. The van der Waals surface area contributed by atoms with Crippen LogP contribution in [0.1, 0.15) is 33.4 Å². The Morgan fingerprint density at radius 2 is 0.966 bits per heavy atom. The Hall–Kier alpha value is -7.06. The number of nitro groups is 2. The summed E-state index contributed by atoms with van der Waals surface area (Å²) in [5.74, 6) is 0.696. The van der Waals surface area contributed by atoms with Crippen molar-refractivity contribution < 1.29 is 9.85 Å². The third-order valence-corrected chi connectivity index (χ3v) is 12.0. The summed E-state index contributed by atoms with van der Waals surface area (Å²) in [5, 5.41) is 60.2. The maximum absolute atomic E-state index is 11.2. The summed E-state index contributed by atoms with van der Waals surface area (Å²) >= 11 is 0. The van der Waals surface area contributed by atoms with E-state index in [-0.39, 0.29) is 24.5 Å². The van der Waals surface area contributed by atoms with E-state index in [0.29, 0.717) is 22.8 Å². The highest BCUT2D eigenvalue weighted by molar-refractivity contribution is 8.76. The van der Waals surface area contributed by atoms with Gasteiger partial charge in [-0.15, -0.1) is 20.4 Å². The van der Waals surface area contributed by atoms with E-state index < -0.39 is 9.85 Å². The van der Waals surface area contributed by atoms with Gasteiger partial charge in [0.05, 0.1) is 57.8 Å². The minimum absolute atomic E-state index is 0.00119. The Balaban J connectivity index is 1.17. The predicted molar refractivity (Wildman–Crippen MR) is 216 cm³/mol. The van der Waals surface area contributed by atoms with E-state index in [1.807, 2.05) is 73.5 Å². The zero-order valence-corrected chi connectivity index (χ0v) is 33.0. The van der Waals surface area contributed by atoms with Gasteiger partial charge >= 0.3 is 0 Å². The Morgan fingerprint density at radius 3 is 1.34 bits per heavy atom. The quantitative estimate of drug-likeness (QED) is 0.0635. The fourth-order valence-corrected chi connectivity index (χ4v) is 8.60. The van der Waals surface area contributed by atoms with Crippen LogP contribution in [-0.4, -0.2) is 69.8 Å². The number of nitrogens with zero attached hydrogens (tertiary/aromatic N) is 14. The zero-order chi connectivity index (χ0) is 40.5. The highest BCUT2D eigenvalue weighted by Gasteiger charge is 2.25. The molecule has 0 aliphatic carbocycles. The number of rotatable bonds is 13. The lowest BCUT2D eigenvalue weighted by Crippen LogP contribution is -2.04. The number of non-ortho nitro benzene ring substituents is 2. The molecule has 0 radical (unpaired) electrons. The third kappa shape index (κ3) is 7.56. The normalized spacial score (nSPS) is 11.3. The van der Waals surface area contributed by atoms with Crippen LogP contribution < -0.4 is 0 Å². The van der Waals surface area contributed by atoms with Crippen LogP contribution in [0.15, 0.2) is 107 Å². The average Bonchev–Trinajstić information content (AvgIpc) is 4.04. The molecule has 8 aromatic rings. The number of nitro benzene ring substituents is 2. The van der Waals surface area contributed by atoms with Gasteiger partial charge in [0.25, 0.3) is 11.4 Å². The second kappa shape index (κ2) is 15.8. The maximum atomic E-state index is 11.2.